The van der Waals surface area contributed by atoms with Gasteiger partial charge in [0.15, 0.2) is 17.7 Å². The zero-order valence-electron chi connectivity index (χ0n) is 12.2. The fraction of sp³-hybridized carbons (Fsp3) is 0.615. The first-order chi connectivity index (χ1) is 10.7. The highest BCUT2D eigenvalue weighted by Gasteiger charge is 2.45. The van der Waals surface area contributed by atoms with Gasteiger partial charge in [-0.2, -0.15) is 0 Å². The Bertz CT molecular complexity index is 648. The van der Waals surface area contributed by atoms with Crippen LogP contribution in [0.25, 0.3) is 11.2 Å². The zero-order chi connectivity index (χ0) is 15.7. The van der Waals surface area contributed by atoms with Crippen molar-refractivity contribution >= 4 is 17.0 Å². The van der Waals surface area contributed by atoms with Crippen molar-refractivity contribution in [3.05, 3.63) is 12.7 Å². The molecule has 0 aromatic carbocycles. The van der Waals surface area contributed by atoms with Gasteiger partial charge in [0.05, 0.1) is 12.9 Å². The second-order valence-electron chi connectivity index (χ2n) is 5.16. The van der Waals surface area contributed by atoms with Gasteiger partial charge in [0, 0.05) is 6.61 Å². The quantitative estimate of drug-likeness (QED) is 0.671. The third-order valence-corrected chi connectivity index (χ3v) is 3.67. The van der Waals surface area contributed by atoms with Crippen LogP contribution in [0.4, 0.5) is 5.82 Å². The Morgan fingerprint density at radius 1 is 1.41 bits per heavy atom. The summed E-state index contributed by atoms with van der Waals surface area (Å²) in [7, 11) is 0. The highest BCUT2D eigenvalue weighted by atomic mass is 16.6. The summed E-state index contributed by atoms with van der Waals surface area (Å²) in [5.41, 5.74) is 6.73. The summed E-state index contributed by atoms with van der Waals surface area (Å²) in [5, 5.41) is 19.6. The lowest BCUT2D eigenvalue weighted by Gasteiger charge is -2.21. The maximum atomic E-state index is 10.3. The predicted molar refractivity (Wildman–Crippen MR) is 76.8 cm³/mol. The number of hydrogen-bond acceptors (Lipinski definition) is 8. The van der Waals surface area contributed by atoms with Gasteiger partial charge in [0.1, 0.15) is 30.2 Å². The van der Waals surface area contributed by atoms with Crippen LogP contribution in [-0.4, -0.2) is 61.3 Å². The van der Waals surface area contributed by atoms with E-state index in [0.29, 0.717) is 17.8 Å². The Morgan fingerprint density at radius 3 is 2.95 bits per heavy atom. The Kier molecular flexibility index (Phi) is 4.21. The molecule has 2 aromatic heterocycles. The van der Waals surface area contributed by atoms with Crippen LogP contribution in [0.1, 0.15) is 19.6 Å². The Balaban J connectivity index is 1.97. The molecule has 0 bridgehead atoms. The van der Waals surface area contributed by atoms with Gasteiger partial charge in [-0.25, -0.2) is 15.0 Å². The van der Waals surface area contributed by atoms with Crippen molar-refractivity contribution in [3.8, 4) is 0 Å². The minimum absolute atomic E-state index is 0.270. The minimum atomic E-state index is -0.932. The summed E-state index contributed by atoms with van der Waals surface area (Å²) in [5.74, 6) is 0.270. The smallest absolute Gasteiger partial charge is 0.167 e. The Labute approximate surface area is 126 Å². The normalized spacial score (nSPS) is 28.5. The number of aliphatic hydroxyl groups is 2. The second-order valence-corrected chi connectivity index (χ2v) is 5.16. The summed E-state index contributed by atoms with van der Waals surface area (Å²) >= 11 is 0. The molecule has 4 N–H and O–H groups in total. The number of nitrogen functional groups attached to an aromatic ring is 1. The van der Waals surface area contributed by atoms with Gasteiger partial charge in [-0.15, -0.1) is 0 Å². The van der Waals surface area contributed by atoms with Crippen molar-refractivity contribution < 1.29 is 19.7 Å². The highest BCUT2D eigenvalue weighted by molar-refractivity contribution is 5.81. The molecule has 1 unspecified atom stereocenters. The van der Waals surface area contributed by atoms with Gasteiger partial charge >= 0.3 is 0 Å². The van der Waals surface area contributed by atoms with Gasteiger partial charge in [-0.3, -0.25) is 4.57 Å². The third kappa shape index (κ3) is 2.41. The van der Waals surface area contributed by atoms with E-state index in [1.54, 1.807) is 4.57 Å². The van der Waals surface area contributed by atoms with Crippen molar-refractivity contribution in [2.45, 2.75) is 37.9 Å². The molecule has 0 spiro atoms. The number of hydrogen-bond donors (Lipinski definition) is 3. The van der Waals surface area contributed by atoms with E-state index in [-0.39, 0.29) is 12.4 Å². The lowest BCUT2D eigenvalue weighted by atomic mass is 10.1. The molecule has 120 valence electrons. The summed E-state index contributed by atoms with van der Waals surface area (Å²) < 4.78 is 13.1. The number of ether oxygens (including phenoxy) is 2. The number of rotatable bonds is 5. The molecule has 1 aliphatic rings. The van der Waals surface area contributed by atoms with Crippen LogP contribution in [0, 0.1) is 0 Å². The monoisotopic (exact) mass is 309 g/mol. The van der Waals surface area contributed by atoms with Crippen LogP contribution in [-0.2, 0) is 9.47 Å². The third-order valence-electron chi connectivity index (χ3n) is 3.67. The van der Waals surface area contributed by atoms with E-state index in [9.17, 15) is 10.2 Å². The minimum Gasteiger partial charge on any atom is -0.394 e. The largest absolute Gasteiger partial charge is 0.394 e. The zero-order valence-corrected chi connectivity index (χ0v) is 12.2. The predicted octanol–water partition coefficient (Wildman–Crippen LogP) is -0.546. The fourth-order valence-electron chi connectivity index (χ4n) is 2.58. The fourth-order valence-corrected chi connectivity index (χ4v) is 2.58. The number of aromatic nitrogens is 4. The van der Waals surface area contributed by atoms with Crippen molar-refractivity contribution in [1.82, 2.24) is 19.5 Å². The molecule has 1 saturated heterocycles. The van der Waals surface area contributed by atoms with Crippen LogP contribution in [0.15, 0.2) is 12.7 Å². The standard InChI is InChI=1S/C13H19N5O4/c1-2-3-21-10-9(20)7(4-19)22-13(10)18-6-17-8-11(14)15-5-16-12(8)18/h5-7,9-10,13,19-20H,2-4H2,1H3,(H2,14,15,16)/t7-,9?,10+,13-/m1/s1. The van der Waals surface area contributed by atoms with Crippen LogP contribution in [0.2, 0.25) is 0 Å². The van der Waals surface area contributed by atoms with E-state index in [1.165, 1.54) is 12.7 Å². The lowest BCUT2D eigenvalue weighted by Crippen LogP contribution is -2.35. The van der Waals surface area contributed by atoms with Gasteiger partial charge in [-0.1, -0.05) is 6.92 Å². The first kappa shape index (κ1) is 15.1. The topological polar surface area (TPSA) is 129 Å². The average molecular weight is 309 g/mol. The molecule has 1 aliphatic heterocycles. The molecular formula is C13H19N5O4. The first-order valence-corrected chi connectivity index (χ1v) is 7.16. The van der Waals surface area contributed by atoms with Crippen LogP contribution in [0.3, 0.4) is 0 Å². The average Bonchev–Trinajstić information content (AvgIpc) is 3.07. The molecule has 9 nitrogen and oxygen atoms in total. The van der Waals surface area contributed by atoms with Gasteiger partial charge in [-0.05, 0) is 6.42 Å². The molecule has 2 aromatic rings. The van der Waals surface area contributed by atoms with Crippen molar-refractivity contribution in [2.75, 3.05) is 18.9 Å². The molecule has 0 amide bonds. The van der Waals surface area contributed by atoms with Crippen molar-refractivity contribution in [2.24, 2.45) is 0 Å². The highest BCUT2D eigenvalue weighted by Crippen LogP contribution is 2.33. The van der Waals surface area contributed by atoms with E-state index in [0.717, 1.165) is 6.42 Å². The summed E-state index contributed by atoms with van der Waals surface area (Å²) in [6.07, 6.45) is 0.756. The van der Waals surface area contributed by atoms with E-state index >= 15 is 0 Å². The Hall–Kier alpha value is -1.81. The molecule has 0 radical (unpaired) electrons. The SMILES string of the molecule is CCCO[C@H]1C(O)[C@@H](CO)O[C@H]1n1cnc2c(N)ncnc21. The number of imidazole rings is 1. The maximum Gasteiger partial charge on any atom is 0.167 e. The van der Waals surface area contributed by atoms with Crippen LogP contribution >= 0.6 is 0 Å². The molecule has 0 aliphatic carbocycles. The van der Waals surface area contributed by atoms with E-state index in [1.807, 2.05) is 6.92 Å². The molecule has 22 heavy (non-hydrogen) atoms. The van der Waals surface area contributed by atoms with E-state index in [4.69, 9.17) is 15.2 Å². The number of aliphatic hydroxyl groups excluding tert-OH is 2. The van der Waals surface area contributed by atoms with Gasteiger partial charge in [0.25, 0.3) is 0 Å². The van der Waals surface area contributed by atoms with Crippen LogP contribution in [0.5, 0.6) is 0 Å². The molecular weight excluding hydrogens is 290 g/mol. The van der Waals surface area contributed by atoms with E-state index < -0.39 is 24.5 Å². The molecule has 4 atom stereocenters. The second kappa shape index (κ2) is 6.13. The van der Waals surface area contributed by atoms with Crippen LogP contribution < -0.4 is 5.73 Å². The van der Waals surface area contributed by atoms with Gasteiger partial charge < -0.3 is 25.4 Å². The number of fused-ring (bicyclic) bond motifs is 1. The summed E-state index contributed by atoms with van der Waals surface area (Å²) in [4.78, 5) is 12.2. The summed E-state index contributed by atoms with van der Waals surface area (Å²) in [6, 6.07) is 0. The van der Waals surface area contributed by atoms with Crippen molar-refractivity contribution in [3.63, 3.8) is 0 Å². The van der Waals surface area contributed by atoms with E-state index in [2.05, 4.69) is 15.0 Å². The molecule has 1 fully saturated rings. The molecule has 0 saturated carbocycles. The number of anilines is 1. The summed E-state index contributed by atoms with van der Waals surface area (Å²) in [6.45, 7) is 2.15. The first-order valence-electron chi connectivity index (χ1n) is 7.16. The number of nitrogens with zero attached hydrogens (tertiary/aromatic N) is 4. The maximum absolute atomic E-state index is 10.3. The van der Waals surface area contributed by atoms with Crippen molar-refractivity contribution in [1.29, 1.82) is 0 Å². The number of nitrogens with two attached hydrogens (primary N) is 1. The Morgan fingerprint density at radius 2 is 2.23 bits per heavy atom. The lowest BCUT2D eigenvalue weighted by molar-refractivity contribution is -0.0703. The molecule has 3 heterocycles. The van der Waals surface area contributed by atoms with Gasteiger partial charge in [0.2, 0.25) is 0 Å². The molecule has 3 rings (SSSR count). The molecule has 9 heteroatoms.